The Morgan fingerprint density at radius 2 is 1.52 bits per heavy atom. The Balaban J connectivity index is 1.76. The molecule has 1 heterocycles. The second kappa shape index (κ2) is 10.4. The quantitative estimate of drug-likeness (QED) is 0.663. The van der Waals surface area contributed by atoms with E-state index in [-0.39, 0.29) is 12.2 Å². The topological polar surface area (TPSA) is 47.9 Å². The molecule has 4 heteroatoms. The third-order valence-corrected chi connectivity index (χ3v) is 5.75. The molecule has 0 aromatic heterocycles. The molecule has 4 atom stereocenters. The third-order valence-electron chi connectivity index (χ3n) is 5.75. The van der Waals surface area contributed by atoms with Gasteiger partial charge in [-0.05, 0) is 36.8 Å². The van der Waals surface area contributed by atoms with E-state index in [1.54, 1.807) is 0 Å². The minimum absolute atomic E-state index is 0.307. The molecular weight excluding hydrogens is 364 g/mol. The van der Waals surface area contributed by atoms with Crippen molar-refractivity contribution in [1.82, 2.24) is 0 Å². The minimum Gasteiger partial charge on any atom is -0.384 e. The van der Waals surface area contributed by atoms with Crippen molar-refractivity contribution in [3.8, 4) is 0 Å². The Labute approximate surface area is 174 Å². The monoisotopic (exact) mass is 398 g/mol. The van der Waals surface area contributed by atoms with E-state index < -0.39 is 11.7 Å². The molecule has 158 valence electrons. The van der Waals surface area contributed by atoms with Gasteiger partial charge in [-0.25, -0.2) is 0 Å². The van der Waals surface area contributed by atoms with Crippen molar-refractivity contribution in [2.45, 2.75) is 70.7 Å². The van der Waals surface area contributed by atoms with Gasteiger partial charge in [-0.2, -0.15) is 0 Å². The van der Waals surface area contributed by atoms with Crippen molar-refractivity contribution in [2.24, 2.45) is 5.92 Å². The van der Waals surface area contributed by atoms with Crippen LogP contribution in [-0.2, 0) is 27.4 Å². The molecule has 1 aliphatic heterocycles. The van der Waals surface area contributed by atoms with Gasteiger partial charge in [-0.15, -0.1) is 0 Å². The molecule has 2 aromatic carbocycles. The second-order valence-corrected chi connectivity index (χ2v) is 8.45. The van der Waals surface area contributed by atoms with E-state index in [0.29, 0.717) is 32.2 Å². The largest absolute Gasteiger partial charge is 0.384 e. The van der Waals surface area contributed by atoms with Gasteiger partial charge in [0.15, 0.2) is 0 Å². The van der Waals surface area contributed by atoms with E-state index in [1.165, 1.54) is 0 Å². The number of aliphatic hydroxyl groups is 1. The molecule has 29 heavy (non-hydrogen) atoms. The first-order chi connectivity index (χ1) is 14.0. The number of ether oxygens (including phenoxy) is 3. The molecule has 0 spiro atoms. The molecule has 2 aromatic rings. The Morgan fingerprint density at radius 1 is 0.966 bits per heavy atom. The molecule has 0 saturated carbocycles. The number of hydrogen-bond donors (Lipinski definition) is 1. The average molecular weight is 399 g/mol. The van der Waals surface area contributed by atoms with Crippen molar-refractivity contribution < 1.29 is 19.3 Å². The van der Waals surface area contributed by atoms with Gasteiger partial charge >= 0.3 is 0 Å². The standard InChI is InChI=1S/C25H34O4/c1-19(2)14-15-25(26)20(3)27-18-23(28-16-21-10-6-4-7-11-21)24(25)29-17-22-12-8-5-9-13-22/h4-13,19-20,23-24,26H,14-18H2,1-3H3/t20?,23?,24?,25-/m1/s1. The Morgan fingerprint density at radius 3 is 2.07 bits per heavy atom. The summed E-state index contributed by atoms with van der Waals surface area (Å²) in [7, 11) is 0. The average Bonchev–Trinajstić information content (AvgIpc) is 2.74. The molecule has 1 N–H and O–H groups in total. The maximum absolute atomic E-state index is 11.7. The van der Waals surface area contributed by atoms with E-state index in [4.69, 9.17) is 14.2 Å². The lowest BCUT2D eigenvalue weighted by molar-refractivity contribution is -0.268. The zero-order valence-electron chi connectivity index (χ0n) is 17.8. The summed E-state index contributed by atoms with van der Waals surface area (Å²) in [5.41, 5.74) is 1.09. The molecular formula is C25H34O4. The summed E-state index contributed by atoms with van der Waals surface area (Å²) >= 11 is 0. The predicted octanol–water partition coefficient (Wildman–Crippen LogP) is 4.74. The van der Waals surface area contributed by atoms with Gasteiger partial charge in [0.2, 0.25) is 0 Å². The first kappa shape index (κ1) is 22.0. The van der Waals surface area contributed by atoms with Gasteiger partial charge in [-0.3, -0.25) is 0 Å². The molecule has 3 rings (SSSR count). The van der Waals surface area contributed by atoms with Crippen LogP contribution in [0.4, 0.5) is 0 Å². The van der Waals surface area contributed by atoms with Crippen LogP contribution >= 0.6 is 0 Å². The van der Waals surface area contributed by atoms with E-state index >= 15 is 0 Å². The lowest BCUT2D eigenvalue weighted by Gasteiger charge is -2.48. The van der Waals surface area contributed by atoms with E-state index in [2.05, 4.69) is 13.8 Å². The van der Waals surface area contributed by atoms with Gasteiger partial charge in [-0.1, -0.05) is 74.5 Å². The van der Waals surface area contributed by atoms with Crippen LogP contribution < -0.4 is 0 Å². The normalized spacial score (nSPS) is 27.3. The van der Waals surface area contributed by atoms with Crippen LogP contribution in [0.3, 0.4) is 0 Å². The fraction of sp³-hybridized carbons (Fsp3) is 0.520. The summed E-state index contributed by atoms with van der Waals surface area (Å²) in [6, 6.07) is 20.1. The maximum atomic E-state index is 11.7. The second-order valence-electron chi connectivity index (χ2n) is 8.45. The summed E-state index contributed by atoms with van der Waals surface area (Å²) in [6.07, 6.45) is 0.442. The van der Waals surface area contributed by atoms with Crippen molar-refractivity contribution in [3.05, 3.63) is 71.8 Å². The molecule has 3 unspecified atom stereocenters. The Bertz CT molecular complexity index is 718. The molecule has 0 amide bonds. The summed E-state index contributed by atoms with van der Waals surface area (Å²) in [5, 5.41) is 11.7. The number of benzene rings is 2. The SMILES string of the molecule is CC(C)CC[C@@]1(O)C(C)OCC(OCc2ccccc2)C1OCc1ccccc1. The molecule has 0 bridgehead atoms. The fourth-order valence-electron chi connectivity index (χ4n) is 3.81. The minimum atomic E-state index is -1.08. The van der Waals surface area contributed by atoms with Gasteiger partial charge in [0, 0.05) is 0 Å². The summed E-state index contributed by atoms with van der Waals surface area (Å²) in [4.78, 5) is 0. The number of hydrogen-bond acceptors (Lipinski definition) is 4. The summed E-state index contributed by atoms with van der Waals surface area (Å²) in [5.74, 6) is 0.492. The summed E-state index contributed by atoms with van der Waals surface area (Å²) in [6.45, 7) is 7.59. The van der Waals surface area contributed by atoms with Crippen LogP contribution in [0.2, 0.25) is 0 Å². The third kappa shape index (κ3) is 5.89. The van der Waals surface area contributed by atoms with Gasteiger partial charge in [0.1, 0.15) is 17.8 Å². The fourth-order valence-corrected chi connectivity index (χ4v) is 3.81. The molecule has 1 aliphatic rings. The van der Waals surface area contributed by atoms with E-state index in [0.717, 1.165) is 17.5 Å². The van der Waals surface area contributed by atoms with Crippen LogP contribution in [0.1, 0.15) is 44.7 Å². The molecule has 0 aliphatic carbocycles. The zero-order valence-corrected chi connectivity index (χ0v) is 17.8. The lowest BCUT2D eigenvalue weighted by Crippen LogP contribution is -2.63. The van der Waals surface area contributed by atoms with Crippen molar-refractivity contribution in [2.75, 3.05) is 6.61 Å². The van der Waals surface area contributed by atoms with E-state index in [1.807, 2.05) is 67.6 Å². The maximum Gasteiger partial charge on any atom is 0.119 e. The predicted molar refractivity (Wildman–Crippen MR) is 114 cm³/mol. The van der Waals surface area contributed by atoms with Gasteiger partial charge in [0.25, 0.3) is 0 Å². The highest BCUT2D eigenvalue weighted by Crippen LogP contribution is 2.35. The molecule has 0 radical (unpaired) electrons. The highest BCUT2D eigenvalue weighted by atomic mass is 16.6. The lowest BCUT2D eigenvalue weighted by atomic mass is 9.80. The first-order valence-electron chi connectivity index (χ1n) is 10.6. The van der Waals surface area contributed by atoms with Gasteiger partial charge in [0.05, 0.1) is 25.9 Å². The van der Waals surface area contributed by atoms with Gasteiger partial charge < -0.3 is 19.3 Å². The smallest absolute Gasteiger partial charge is 0.119 e. The molecule has 1 saturated heterocycles. The van der Waals surface area contributed by atoms with Crippen molar-refractivity contribution in [3.63, 3.8) is 0 Å². The van der Waals surface area contributed by atoms with Crippen LogP contribution in [0, 0.1) is 5.92 Å². The van der Waals surface area contributed by atoms with Crippen LogP contribution in [-0.4, -0.2) is 35.6 Å². The molecule has 1 fully saturated rings. The number of rotatable bonds is 9. The van der Waals surface area contributed by atoms with Crippen molar-refractivity contribution in [1.29, 1.82) is 0 Å². The Kier molecular flexibility index (Phi) is 7.84. The highest BCUT2D eigenvalue weighted by Gasteiger charge is 2.51. The first-order valence-corrected chi connectivity index (χ1v) is 10.6. The van der Waals surface area contributed by atoms with Crippen LogP contribution in [0.25, 0.3) is 0 Å². The highest BCUT2D eigenvalue weighted by molar-refractivity contribution is 5.15. The Hall–Kier alpha value is -1.72. The van der Waals surface area contributed by atoms with Crippen LogP contribution in [0.15, 0.2) is 60.7 Å². The summed E-state index contributed by atoms with van der Waals surface area (Å²) < 4.78 is 18.5. The van der Waals surface area contributed by atoms with Crippen molar-refractivity contribution >= 4 is 0 Å². The zero-order chi connectivity index (χ0) is 20.7. The van der Waals surface area contributed by atoms with Crippen LogP contribution in [0.5, 0.6) is 0 Å². The molecule has 4 nitrogen and oxygen atoms in total. The van der Waals surface area contributed by atoms with E-state index in [9.17, 15) is 5.11 Å².